The molecular weight excluding hydrogens is 568 g/mol. The van der Waals surface area contributed by atoms with Crippen LogP contribution in [0, 0.1) is 0 Å². The molecule has 0 aliphatic carbocycles. The van der Waals surface area contributed by atoms with E-state index in [-0.39, 0.29) is 48.7 Å². The molecule has 4 aliphatic rings. The van der Waals surface area contributed by atoms with Crippen molar-refractivity contribution in [1.29, 1.82) is 0 Å². The van der Waals surface area contributed by atoms with Crippen LogP contribution in [0.2, 0.25) is 0 Å². The monoisotopic (exact) mass is 634 g/mol. The lowest BCUT2D eigenvalue weighted by Crippen LogP contribution is -2.32. The first-order valence-electron chi connectivity index (χ1n) is 19.2. The maximum absolute atomic E-state index is 11.7. The molecule has 7 nitrogen and oxygen atoms in total. The van der Waals surface area contributed by atoms with Crippen LogP contribution in [0.25, 0.3) is 0 Å². The van der Waals surface area contributed by atoms with Gasteiger partial charge in [-0.2, -0.15) is 0 Å². The topological polar surface area (TPSA) is 83.5 Å². The van der Waals surface area contributed by atoms with E-state index in [4.69, 9.17) is 23.7 Å². The molecule has 0 aromatic carbocycles. The van der Waals surface area contributed by atoms with Crippen LogP contribution in [-0.4, -0.2) is 66.7 Å². The van der Waals surface area contributed by atoms with Crippen molar-refractivity contribution in [1.82, 2.24) is 0 Å². The fraction of sp³-hybridized carbons (Fsp3) is 0.921. The Kier molecular flexibility index (Phi) is 17.3. The van der Waals surface area contributed by atoms with Crippen LogP contribution in [0.5, 0.6) is 0 Å². The van der Waals surface area contributed by atoms with Crippen molar-refractivity contribution in [3.63, 3.8) is 0 Å². The van der Waals surface area contributed by atoms with E-state index < -0.39 is 0 Å². The number of carbonyl (C=O) groups excluding carboxylic acids is 1. The smallest absolute Gasteiger partial charge is 0.334 e. The summed E-state index contributed by atoms with van der Waals surface area (Å²) in [7, 11) is 0. The summed E-state index contributed by atoms with van der Waals surface area (Å²) in [6, 6.07) is 0. The number of hydrogen-bond acceptors (Lipinski definition) is 7. The van der Waals surface area contributed by atoms with E-state index in [1.807, 2.05) is 13.0 Å². The molecule has 3 saturated heterocycles. The van der Waals surface area contributed by atoms with Gasteiger partial charge in [0.1, 0.15) is 12.9 Å². The molecule has 0 aromatic heterocycles. The fourth-order valence-corrected chi connectivity index (χ4v) is 7.82. The Morgan fingerprint density at radius 3 is 1.96 bits per heavy atom. The van der Waals surface area contributed by atoms with Gasteiger partial charge in [0, 0.05) is 5.57 Å². The predicted octanol–water partition coefficient (Wildman–Crippen LogP) is 8.88. The minimum absolute atomic E-state index is 0.0423. The molecule has 0 aromatic rings. The number of rotatable bonds is 22. The van der Waals surface area contributed by atoms with E-state index >= 15 is 0 Å². The molecule has 8 atom stereocenters. The van der Waals surface area contributed by atoms with Crippen molar-refractivity contribution in [2.24, 2.45) is 0 Å². The molecule has 4 aliphatic heterocycles. The van der Waals surface area contributed by atoms with Gasteiger partial charge in [0.05, 0.1) is 42.7 Å². The third-order valence-corrected chi connectivity index (χ3v) is 10.6. The predicted molar refractivity (Wildman–Crippen MR) is 178 cm³/mol. The summed E-state index contributed by atoms with van der Waals surface area (Å²) in [4.78, 5) is 11.7. The third-order valence-electron chi connectivity index (χ3n) is 10.6. The van der Waals surface area contributed by atoms with Gasteiger partial charge in [-0.15, -0.1) is 0 Å². The molecule has 0 spiro atoms. The minimum atomic E-state index is -0.359. The standard InChI is InChI=1S/C38H66O7/c1-3-4-5-6-7-8-9-10-14-17-20-32(39)33-23-26-37(45-33)35-25-24-34(41-28-42-35)36-22-21-31(44-36)19-16-13-11-12-15-18-30-27-29(2)43-38(30)40/h27,29,31-37,39H,3-26,28H2,1-2H3. The second-order valence-corrected chi connectivity index (χ2v) is 14.4. The quantitative estimate of drug-likeness (QED) is 0.0941. The highest BCUT2D eigenvalue weighted by Gasteiger charge is 2.39. The second kappa shape index (κ2) is 21.1. The SMILES string of the molecule is CCCCCCCCCCCCC(O)C1CCC(C2CCC(C3CCC(CCCCCCCC4=CC(C)OC4=O)O3)OCO2)O1. The molecule has 260 valence electrons. The molecular formula is C38H66O7. The number of esters is 1. The average molecular weight is 635 g/mol. The zero-order valence-corrected chi connectivity index (χ0v) is 28.8. The Labute approximate surface area is 274 Å². The summed E-state index contributed by atoms with van der Waals surface area (Å²) in [6.07, 6.45) is 29.9. The van der Waals surface area contributed by atoms with E-state index in [1.165, 1.54) is 77.0 Å². The van der Waals surface area contributed by atoms with Crippen LogP contribution in [-0.2, 0) is 28.5 Å². The lowest BCUT2D eigenvalue weighted by atomic mass is 9.98. The van der Waals surface area contributed by atoms with Gasteiger partial charge in [-0.05, 0) is 77.2 Å². The largest absolute Gasteiger partial charge is 0.455 e. The number of ether oxygens (including phenoxy) is 5. The highest BCUT2D eigenvalue weighted by molar-refractivity contribution is 5.90. The maximum atomic E-state index is 11.7. The lowest BCUT2D eigenvalue weighted by molar-refractivity contribution is -0.154. The van der Waals surface area contributed by atoms with Crippen molar-refractivity contribution in [3.8, 4) is 0 Å². The van der Waals surface area contributed by atoms with Gasteiger partial charge in [0.15, 0.2) is 0 Å². The van der Waals surface area contributed by atoms with Crippen molar-refractivity contribution >= 4 is 5.97 Å². The first-order valence-corrected chi connectivity index (χ1v) is 19.2. The van der Waals surface area contributed by atoms with Crippen LogP contribution in [0.3, 0.4) is 0 Å². The van der Waals surface area contributed by atoms with Crippen LogP contribution in [0.1, 0.15) is 168 Å². The van der Waals surface area contributed by atoms with E-state index in [9.17, 15) is 9.90 Å². The van der Waals surface area contributed by atoms with Gasteiger partial charge in [-0.1, -0.05) is 96.8 Å². The van der Waals surface area contributed by atoms with Crippen LogP contribution >= 0.6 is 0 Å². The van der Waals surface area contributed by atoms with Gasteiger partial charge in [-0.3, -0.25) is 0 Å². The average Bonchev–Trinajstić information content (AvgIpc) is 3.74. The molecule has 8 unspecified atom stereocenters. The summed E-state index contributed by atoms with van der Waals surface area (Å²) in [5.74, 6) is -0.125. The Morgan fingerprint density at radius 2 is 1.29 bits per heavy atom. The molecule has 4 heterocycles. The second-order valence-electron chi connectivity index (χ2n) is 14.4. The Balaban J connectivity index is 1.01. The summed E-state index contributed by atoms with van der Waals surface area (Å²) in [6.45, 7) is 4.49. The molecule has 0 saturated carbocycles. The Hall–Kier alpha value is -0.990. The summed E-state index contributed by atoms with van der Waals surface area (Å²) in [5.41, 5.74) is 0.860. The van der Waals surface area contributed by atoms with Crippen LogP contribution in [0.4, 0.5) is 0 Å². The van der Waals surface area contributed by atoms with Crippen LogP contribution in [0.15, 0.2) is 11.6 Å². The van der Waals surface area contributed by atoms with E-state index in [2.05, 4.69) is 6.92 Å². The minimum Gasteiger partial charge on any atom is -0.455 e. The zero-order valence-electron chi connectivity index (χ0n) is 28.8. The number of cyclic esters (lactones) is 1. The number of unbranched alkanes of at least 4 members (excludes halogenated alkanes) is 13. The Morgan fingerprint density at radius 1 is 0.711 bits per heavy atom. The molecule has 3 fully saturated rings. The number of aliphatic hydroxyl groups is 1. The van der Waals surface area contributed by atoms with Crippen molar-refractivity contribution in [2.45, 2.75) is 217 Å². The molecule has 0 bridgehead atoms. The fourth-order valence-electron chi connectivity index (χ4n) is 7.82. The lowest BCUT2D eigenvalue weighted by Gasteiger charge is -2.24. The molecule has 4 rings (SSSR count). The van der Waals surface area contributed by atoms with Gasteiger partial charge >= 0.3 is 5.97 Å². The first kappa shape index (κ1) is 36.8. The van der Waals surface area contributed by atoms with Gasteiger partial charge in [-0.25, -0.2) is 4.79 Å². The number of carbonyl (C=O) groups is 1. The highest BCUT2D eigenvalue weighted by atomic mass is 16.7. The highest BCUT2D eigenvalue weighted by Crippen LogP contribution is 2.34. The summed E-state index contributed by atoms with van der Waals surface area (Å²) < 4.78 is 30.3. The van der Waals surface area contributed by atoms with Gasteiger partial charge < -0.3 is 28.8 Å². The molecule has 7 heteroatoms. The Bertz CT molecular complexity index is 846. The normalized spacial score (nSPS) is 31.2. The number of hydrogen-bond donors (Lipinski definition) is 1. The van der Waals surface area contributed by atoms with Crippen molar-refractivity contribution in [2.75, 3.05) is 6.79 Å². The molecule has 45 heavy (non-hydrogen) atoms. The van der Waals surface area contributed by atoms with E-state index in [0.717, 1.165) is 82.6 Å². The van der Waals surface area contributed by atoms with E-state index in [0.29, 0.717) is 12.9 Å². The third kappa shape index (κ3) is 13.2. The molecule has 1 N–H and O–H groups in total. The van der Waals surface area contributed by atoms with Crippen molar-refractivity contribution in [3.05, 3.63) is 11.6 Å². The van der Waals surface area contributed by atoms with Crippen molar-refractivity contribution < 1.29 is 33.6 Å². The molecule has 0 radical (unpaired) electrons. The summed E-state index contributed by atoms with van der Waals surface area (Å²) in [5, 5.41) is 10.8. The van der Waals surface area contributed by atoms with Gasteiger partial charge in [0.25, 0.3) is 0 Å². The van der Waals surface area contributed by atoms with Gasteiger partial charge in [0.2, 0.25) is 0 Å². The summed E-state index contributed by atoms with van der Waals surface area (Å²) >= 11 is 0. The number of aliphatic hydroxyl groups excluding tert-OH is 1. The molecule has 0 amide bonds. The first-order chi connectivity index (χ1) is 22.0. The zero-order chi connectivity index (χ0) is 31.7. The van der Waals surface area contributed by atoms with E-state index in [1.54, 1.807) is 0 Å². The van der Waals surface area contributed by atoms with Crippen LogP contribution < -0.4 is 0 Å². The maximum Gasteiger partial charge on any atom is 0.334 e.